The fourth-order valence-electron chi connectivity index (χ4n) is 0.774. The van der Waals surface area contributed by atoms with Crippen molar-refractivity contribution in [3.8, 4) is 0 Å². The Balaban J connectivity index is 2.87. The number of carbonyl (C=O) groups is 1. The van der Waals surface area contributed by atoms with Gasteiger partial charge in [0.1, 0.15) is 0 Å². The standard InChI is InChI=1S/C8H19N3O2/c1-8(12)11-13-7-3-6-10-5-2-4-9/h10H,2-7,9H2,1H3,(H,11,12). The number of carbonyl (C=O) groups excluding carboxylic acids is 1. The number of nitrogens with one attached hydrogen (secondary N) is 2. The molecule has 0 bridgehead atoms. The summed E-state index contributed by atoms with van der Waals surface area (Å²) in [5.74, 6) is -0.170. The van der Waals surface area contributed by atoms with Crippen molar-refractivity contribution in [2.24, 2.45) is 5.73 Å². The van der Waals surface area contributed by atoms with Crippen molar-refractivity contribution in [1.82, 2.24) is 10.8 Å². The minimum atomic E-state index is -0.170. The maximum atomic E-state index is 10.4. The average Bonchev–Trinajstić information content (AvgIpc) is 2.09. The Hall–Kier alpha value is -0.650. The van der Waals surface area contributed by atoms with Gasteiger partial charge in [-0.25, -0.2) is 5.48 Å². The van der Waals surface area contributed by atoms with Crippen LogP contribution in [0.15, 0.2) is 0 Å². The van der Waals surface area contributed by atoms with Gasteiger partial charge in [-0.05, 0) is 32.5 Å². The van der Waals surface area contributed by atoms with Crippen LogP contribution in [0.3, 0.4) is 0 Å². The predicted octanol–water partition coefficient (Wildman–Crippen LogP) is -0.617. The Kier molecular flexibility index (Phi) is 8.97. The molecule has 0 aliphatic rings. The highest BCUT2D eigenvalue weighted by atomic mass is 16.6. The van der Waals surface area contributed by atoms with Gasteiger partial charge in [0, 0.05) is 6.92 Å². The van der Waals surface area contributed by atoms with E-state index in [1.54, 1.807) is 0 Å². The Morgan fingerprint density at radius 3 is 2.69 bits per heavy atom. The van der Waals surface area contributed by atoms with E-state index in [1.807, 2.05) is 0 Å². The number of hydrogen-bond acceptors (Lipinski definition) is 4. The van der Waals surface area contributed by atoms with Gasteiger partial charge in [0.15, 0.2) is 0 Å². The van der Waals surface area contributed by atoms with E-state index in [9.17, 15) is 4.79 Å². The molecule has 0 spiro atoms. The number of rotatable bonds is 8. The Morgan fingerprint density at radius 1 is 1.38 bits per heavy atom. The molecule has 0 saturated heterocycles. The largest absolute Gasteiger partial charge is 0.330 e. The molecule has 0 aromatic rings. The molecular formula is C8H19N3O2. The summed E-state index contributed by atoms with van der Waals surface area (Å²) in [4.78, 5) is 15.2. The molecule has 0 fully saturated rings. The molecule has 0 heterocycles. The third kappa shape index (κ3) is 11.3. The topological polar surface area (TPSA) is 76.4 Å². The van der Waals surface area contributed by atoms with E-state index in [2.05, 4.69) is 10.8 Å². The van der Waals surface area contributed by atoms with Crippen molar-refractivity contribution < 1.29 is 9.63 Å². The molecule has 4 N–H and O–H groups in total. The summed E-state index contributed by atoms with van der Waals surface area (Å²) in [6, 6.07) is 0. The van der Waals surface area contributed by atoms with Gasteiger partial charge in [0.05, 0.1) is 6.61 Å². The van der Waals surface area contributed by atoms with Crippen LogP contribution in [0.4, 0.5) is 0 Å². The van der Waals surface area contributed by atoms with Gasteiger partial charge in [-0.3, -0.25) is 9.63 Å². The molecule has 0 aromatic carbocycles. The van der Waals surface area contributed by atoms with Crippen LogP contribution in [-0.4, -0.2) is 32.1 Å². The summed E-state index contributed by atoms with van der Waals surface area (Å²) in [5, 5.41) is 3.20. The number of hydroxylamine groups is 1. The van der Waals surface area contributed by atoms with Crippen molar-refractivity contribution in [3.63, 3.8) is 0 Å². The van der Waals surface area contributed by atoms with E-state index < -0.39 is 0 Å². The van der Waals surface area contributed by atoms with E-state index in [-0.39, 0.29) is 5.91 Å². The van der Waals surface area contributed by atoms with Crippen LogP contribution >= 0.6 is 0 Å². The molecular weight excluding hydrogens is 170 g/mol. The zero-order chi connectivity index (χ0) is 9.94. The van der Waals surface area contributed by atoms with Gasteiger partial charge in [-0.1, -0.05) is 0 Å². The summed E-state index contributed by atoms with van der Waals surface area (Å²) in [6.07, 6.45) is 1.87. The summed E-state index contributed by atoms with van der Waals surface area (Å²) >= 11 is 0. The molecule has 0 atom stereocenters. The maximum absolute atomic E-state index is 10.4. The van der Waals surface area contributed by atoms with Gasteiger partial charge in [-0.2, -0.15) is 0 Å². The second-order valence-electron chi connectivity index (χ2n) is 2.75. The first-order chi connectivity index (χ1) is 6.27. The van der Waals surface area contributed by atoms with Gasteiger partial charge in [0.2, 0.25) is 5.91 Å². The third-order valence-corrected chi connectivity index (χ3v) is 1.37. The van der Waals surface area contributed by atoms with Crippen LogP contribution in [0, 0.1) is 0 Å². The lowest BCUT2D eigenvalue weighted by atomic mass is 10.4. The molecule has 0 saturated carbocycles. The summed E-state index contributed by atoms with van der Waals surface area (Å²) in [6.45, 7) is 4.50. The fraction of sp³-hybridized carbons (Fsp3) is 0.875. The van der Waals surface area contributed by atoms with E-state index in [1.165, 1.54) is 6.92 Å². The summed E-state index contributed by atoms with van der Waals surface area (Å²) in [5.41, 5.74) is 7.57. The first kappa shape index (κ1) is 12.3. The molecule has 5 heteroatoms. The van der Waals surface area contributed by atoms with Crippen molar-refractivity contribution in [3.05, 3.63) is 0 Å². The minimum absolute atomic E-state index is 0.170. The molecule has 1 amide bonds. The zero-order valence-electron chi connectivity index (χ0n) is 8.14. The Morgan fingerprint density at radius 2 is 2.08 bits per heavy atom. The molecule has 5 nitrogen and oxygen atoms in total. The van der Waals surface area contributed by atoms with Gasteiger partial charge in [-0.15, -0.1) is 0 Å². The van der Waals surface area contributed by atoms with Crippen molar-refractivity contribution in [1.29, 1.82) is 0 Å². The fourth-order valence-corrected chi connectivity index (χ4v) is 0.774. The van der Waals surface area contributed by atoms with Crippen LogP contribution in [0.1, 0.15) is 19.8 Å². The summed E-state index contributed by atoms with van der Waals surface area (Å²) < 4.78 is 0. The van der Waals surface area contributed by atoms with Gasteiger partial charge in [0.25, 0.3) is 0 Å². The van der Waals surface area contributed by atoms with E-state index in [4.69, 9.17) is 10.6 Å². The minimum Gasteiger partial charge on any atom is -0.330 e. The van der Waals surface area contributed by atoms with Gasteiger partial charge < -0.3 is 11.1 Å². The van der Waals surface area contributed by atoms with Crippen LogP contribution in [0.25, 0.3) is 0 Å². The highest BCUT2D eigenvalue weighted by Crippen LogP contribution is 1.78. The van der Waals surface area contributed by atoms with E-state index >= 15 is 0 Å². The highest BCUT2D eigenvalue weighted by molar-refractivity contribution is 5.71. The molecule has 0 rings (SSSR count). The molecule has 78 valence electrons. The Labute approximate surface area is 79.0 Å². The van der Waals surface area contributed by atoms with E-state index in [0.717, 1.165) is 32.5 Å². The second kappa shape index (κ2) is 9.44. The van der Waals surface area contributed by atoms with Crippen LogP contribution < -0.4 is 16.5 Å². The molecule has 0 aliphatic carbocycles. The first-order valence-corrected chi connectivity index (χ1v) is 4.56. The smallest absolute Gasteiger partial charge is 0.240 e. The molecule has 0 aromatic heterocycles. The monoisotopic (exact) mass is 189 g/mol. The van der Waals surface area contributed by atoms with E-state index in [0.29, 0.717) is 6.61 Å². The molecule has 0 aliphatic heterocycles. The quantitative estimate of drug-likeness (QED) is 0.351. The normalized spacial score (nSPS) is 10.0. The van der Waals surface area contributed by atoms with Crippen molar-refractivity contribution >= 4 is 5.91 Å². The zero-order valence-corrected chi connectivity index (χ0v) is 8.14. The average molecular weight is 189 g/mol. The van der Waals surface area contributed by atoms with Crippen LogP contribution in [-0.2, 0) is 9.63 Å². The number of hydrogen-bond donors (Lipinski definition) is 3. The first-order valence-electron chi connectivity index (χ1n) is 4.56. The molecule has 0 unspecified atom stereocenters. The number of nitrogens with two attached hydrogens (primary N) is 1. The second-order valence-corrected chi connectivity index (χ2v) is 2.75. The Bertz CT molecular complexity index is 131. The highest BCUT2D eigenvalue weighted by Gasteiger charge is 1.90. The maximum Gasteiger partial charge on any atom is 0.240 e. The number of amides is 1. The SMILES string of the molecule is CC(=O)NOCCCNCCCN. The lowest BCUT2D eigenvalue weighted by Gasteiger charge is -2.04. The van der Waals surface area contributed by atoms with Crippen LogP contribution in [0.5, 0.6) is 0 Å². The summed E-state index contributed by atoms with van der Waals surface area (Å²) in [7, 11) is 0. The lowest BCUT2D eigenvalue weighted by Crippen LogP contribution is -2.24. The van der Waals surface area contributed by atoms with Crippen LogP contribution in [0.2, 0.25) is 0 Å². The van der Waals surface area contributed by atoms with Crippen molar-refractivity contribution in [2.45, 2.75) is 19.8 Å². The third-order valence-electron chi connectivity index (χ3n) is 1.37. The molecule has 13 heavy (non-hydrogen) atoms. The molecule has 0 radical (unpaired) electrons. The van der Waals surface area contributed by atoms with Crippen molar-refractivity contribution in [2.75, 3.05) is 26.2 Å². The lowest BCUT2D eigenvalue weighted by molar-refractivity contribution is -0.131. The van der Waals surface area contributed by atoms with Gasteiger partial charge >= 0.3 is 0 Å². The predicted molar refractivity (Wildman–Crippen MR) is 50.9 cm³/mol.